The smallest absolute Gasteiger partial charge is 0.405 e. The van der Waals surface area contributed by atoms with E-state index >= 15 is 0 Å². The van der Waals surface area contributed by atoms with Crippen molar-refractivity contribution in [2.24, 2.45) is 0 Å². The van der Waals surface area contributed by atoms with Crippen LogP contribution in [0.3, 0.4) is 0 Å². The number of hydrogen-bond acceptors (Lipinski definition) is 4. The Kier molecular flexibility index (Phi) is 5.67. The lowest BCUT2D eigenvalue weighted by Gasteiger charge is -2.16. The second-order valence-electron chi connectivity index (χ2n) is 6.52. The van der Waals surface area contributed by atoms with Gasteiger partial charge in [0.05, 0.1) is 0 Å². The zero-order valence-corrected chi connectivity index (χ0v) is 14.9. The number of benzene rings is 1. The molecule has 1 aromatic carbocycles. The molecule has 0 bridgehead atoms. The number of alkyl halides is 3. The van der Waals surface area contributed by atoms with Gasteiger partial charge in [0.15, 0.2) is 11.9 Å². The summed E-state index contributed by atoms with van der Waals surface area (Å²) in [6, 6.07) is 6.99. The van der Waals surface area contributed by atoms with Gasteiger partial charge >= 0.3 is 6.18 Å². The Hall–Kier alpha value is -2.58. The van der Waals surface area contributed by atoms with Crippen molar-refractivity contribution in [3.63, 3.8) is 0 Å². The number of nitrogens with zero attached hydrogens (tertiary/aromatic N) is 3. The largest absolute Gasteiger partial charge is 0.481 e. The predicted molar refractivity (Wildman–Crippen MR) is 92.2 cm³/mol. The van der Waals surface area contributed by atoms with Gasteiger partial charge in [-0.25, -0.2) is 0 Å². The zero-order valence-electron chi connectivity index (χ0n) is 14.9. The van der Waals surface area contributed by atoms with Gasteiger partial charge in [-0.05, 0) is 31.9 Å². The van der Waals surface area contributed by atoms with Crippen LogP contribution in [0.2, 0.25) is 0 Å². The Morgan fingerprint density at radius 3 is 2.89 bits per heavy atom. The molecule has 0 fully saturated rings. The molecule has 1 N–H and O–H groups in total. The molecule has 146 valence electrons. The van der Waals surface area contributed by atoms with E-state index in [1.54, 1.807) is 18.2 Å². The maximum Gasteiger partial charge on any atom is 0.405 e. The summed E-state index contributed by atoms with van der Waals surface area (Å²) in [6.07, 6.45) is -1.33. The number of rotatable bonds is 5. The molecule has 0 aliphatic carbocycles. The summed E-state index contributed by atoms with van der Waals surface area (Å²) in [6.45, 7) is 0.867. The van der Waals surface area contributed by atoms with Crippen molar-refractivity contribution in [2.75, 3.05) is 6.54 Å². The molecule has 0 saturated carbocycles. The molecule has 27 heavy (non-hydrogen) atoms. The lowest BCUT2D eigenvalue weighted by atomic mass is 10.2. The van der Waals surface area contributed by atoms with E-state index in [1.165, 1.54) is 6.92 Å². The number of hydrogen-bond donors (Lipinski definition) is 1. The van der Waals surface area contributed by atoms with Crippen LogP contribution < -0.4 is 10.1 Å². The summed E-state index contributed by atoms with van der Waals surface area (Å²) in [5.74, 6) is 1.24. The Morgan fingerprint density at radius 2 is 2.11 bits per heavy atom. The molecule has 3 rings (SSSR count). The minimum Gasteiger partial charge on any atom is -0.481 e. The third kappa shape index (κ3) is 4.99. The molecule has 0 spiro atoms. The predicted octanol–water partition coefficient (Wildman–Crippen LogP) is 3.12. The van der Waals surface area contributed by atoms with Crippen molar-refractivity contribution >= 4 is 5.91 Å². The van der Waals surface area contributed by atoms with E-state index in [4.69, 9.17) is 4.74 Å². The number of ether oxygens (including phenoxy) is 1. The lowest BCUT2D eigenvalue weighted by molar-refractivity contribution is -0.142. The fourth-order valence-corrected chi connectivity index (χ4v) is 3.00. The second-order valence-corrected chi connectivity index (χ2v) is 6.52. The molecule has 2 aromatic rings. The fraction of sp³-hybridized carbons (Fsp3) is 0.500. The highest BCUT2D eigenvalue weighted by molar-refractivity contribution is 5.80. The SMILES string of the molecule is C[C@H](Oc1cccc(-c2nnc3n2CCCCC3)c1)C(=O)NCC(F)(F)F. The second kappa shape index (κ2) is 7.98. The molecule has 9 heteroatoms. The van der Waals surface area contributed by atoms with E-state index in [9.17, 15) is 18.0 Å². The number of carbonyl (C=O) groups excluding carboxylic acids is 1. The van der Waals surface area contributed by atoms with Crippen LogP contribution >= 0.6 is 0 Å². The topological polar surface area (TPSA) is 69.0 Å². The summed E-state index contributed by atoms with van der Waals surface area (Å²) < 4.78 is 44.2. The molecule has 1 aliphatic rings. The summed E-state index contributed by atoms with van der Waals surface area (Å²) in [5, 5.41) is 10.4. The summed E-state index contributed by atoms with van der Waals surface area (Å²) in [5.41, 5.74) is 0.788. The average Bonchev–Trinajstić information content (AvgIpc) is 2.87. The van der Waals surface area contributed by atoms with E-state index < -0.39 is 24.7 Å². The van der Waals surface area contributed by atoms with E-state index in [-0.39, 0.29) is 0 Å². The van der Waals surface area contributed by atoms with Crippen LogP contribution in [0.1, 0.15) is 32.0 Å². The van der Waals surface area contributed by atoms with Crippen molar-refractivity contribution in [3.05, 3.63) is 30.1 Å². The highest BCUT2D eigenvalue weighted by atomic mass is 19.4. The molecule has 0 saturated heterocycles. The molecule has 0 unspecified atom stereocenters. The Bertz CT molecular complexity index is 804. The number of fused-ring (bicyclic) bond motifs is 1. The fourth-order valence-electron chi connectivity index (χ4n) is 3.00. The first-order valence-electron chi connectivity index (χ1n) is 8.87. The number of carbonyl (C=O) groups is 1. The quantitative estimate of drug-likeness (QED) is 0.863. The normalized spacial score (nSPS) is 15.6. The van der Waals surface area contributed by atoms with Crippen LogP contribution in [-0.2, 0) is 17.8 Å². The monoisotopic (exact) mass is 382 g/mol. The Balaban J connectivity index is 1.71. The van der Waals surface area contributed by atoms with Crippen molar-refractivity contribution in [3.8, 4) is 17.1 Å². The minimum atomic E-state index is -4.46. The van der Waals surface area contributed by atoms with Crippen molar-refractivity contribution in [1.82, 2.24) is 20.1 Å². The van der Waals surface area contributed by atoms with Gasteiger partial charge in [0.2, 0.25) is 0 Å². The van der Waals surface area contributed by atoms with Crippen molar-refractivity contribution in [2.45, 2.75) is 51.4 Å². The number of amides is 1. The highest BCUT2D eigenvalue weighted by Crippen LogP contribution is 2.26. The third-order valence-electron chi connectivity index (χ3n) is 4.35. The lowest BCUT2D eigenvalue weighted by Crippen LogP contribution is -2.41. The van der Waals surface area contributed by atoms with Gasteiger partial charge in [-0.1, -0.05) is 18.6 Å². The van der Waals surface area contributed by atoms with Crippen LogP contribution in [0.25, 0.3) is 11.4 Å². The molecule has 1 aliphatic heterocycles. The first kappa shape index (κ1) is 19.2. The van der Waals surface area contributed by atoms with Gasteiger partial charge < -0.3 is 14.6 Å². The molecule has 1 atom stereocenters. The van der Waals surface area contributed by atoms with Gasteiger partial charge in [0, 0.05) is 18.5 Å². The Morgan fingerprint density at radius 1 is 1.30 bits per heavy atom. The molecular weight excluding hydrogens is 361 g/mol. The minimum absolute atomic E-state index is 0.383. The summed E-state index contributed by atoms with van der Waals surface area (Å²) in [7, 11) is 0. The van der Waals surface area contributed by atoms with Crippen molar-refractivity contribution in [1.29, 1.82) is 0 Å². The van der Waals surface area contributed by atoms with E-state index in [0.29, 0.717) is 5.75 Å². The third-order valence-corrected chi connectivity index (χ3v) is 4.35. The zero-order chi connectivity index (χ0) is 19.4. The van der Waals surface area contributed by atoms with E-state index in [1.807, 2.05) is 11.4 Å². The van der Waals surface area contributed by atoms with Crippen LogP contribution in [0.5, 0.6) is 5.75 Å². The maximum atomic E-state index is 12.2. The highest BCUT2D eigenvalue weighted by Gasteiger charge is 2.29. The molecule has 1 aromatic heterocycles. The molecule has 0 radical (unpaired) electrons. The van der Waals surface area contributed by atoms with Crippen LogP contribution in [-0.4, -0.2) is 39.5 Å². The number of nitrogens with one attached hydrogen (secondary N) is 1. The van der Waals surface area contributed by atoms with Crippen LogP contribution in [0.4, 0.5) is 13.2 Å². The van der Waals surface area contributed by atoms with E-state index in [2.05, 4.69) is 14.8 Å². The number of aryl methyl sites for hydroxylation is 1. The molecule has 2 heterocycles. The van der Waals surface area contributed by atoms with Crippen LogP contribution in [0.15, 0.2) is 24.3 Å². The average molecular weight is 382 g/mol. The number of aromatic nitrogens is 3. The van der Waals surface area contributed by atoms with Crippen molar-refractivity contribution < 1.29 is 22.7 Å². The number of halogens is 3. The Labute approximate surface area is 154 Å². The molecular formula is C18H21F3N4O2. The summed E-state index contributed by atoms with van der Waals surface area (Å²) in [4.78, 5) is 11.8. The summed E-state index contributed by atoms with van der Waals surface area (Å²) >= 11 is 0. The van der Waals surface area contributed by atoms with E-state index in [0.717, 1.165) is 49.4 Å². The first-order valence-corrected chi connectivity index (χ1v) is 8.87. The molecule has 6 nitrogen and oxygen atoms in total. The van der Waals surface area contributed by atoms with Gasteiger partial charge in [-0.15, -0.1) is 10.2 Å². The maximum absolute atomic E-state index is 12.2. The molecule has 1 amide bonds. The standard InChI is InChI=1S/C18H21F3N4O2/c1-12(17(26)22-11-18(19,20)21)27-14-7-5-6-13(10-14)16-24-23-15-8-3-2-4-9-25(15)16/h5-7,10,12H,2-4,8-9,11H2,1H3,(H,22,26)/t12-/m0/s1. The van der Waals surface area contributed by atoms with Gasteiger partial charge in [0.25, 0.3) is 5.91 Å². The first-order chi connectivity index (χ1) is 12.8. The van der Waals surface area contributed by atoms with Gasteiger partial charge in [0.1, 0.15) is 18.1 Å². The van der Waals surface area contributed by atoms with Gasteiger partial charge in [-0.2, -0.15) is 13.2 Å². The van der Waals surface area contributed by atoms with Crippen LogP contribution in [0, 0.1) is 0 Å². The van der Waals surface area contributed by atoms with Gasteiger partial charge in [-0.3, -0.25) is 4.79 Å².